The second kappa shape index (κ2) is 5.97. The van der Waals surface area contributed by atoms with Crippen LogP contribution in [0.15, 0.2) is 22.7 Å². The first-order valence-corrected chi connectivity index (χ1v) is 8.14. The molecule has 0 aromatic heterocycles. The highest BCUT2D eigenvalue weighted by atomic mass is 79.9. The Morgan fingerprint density at radius 2 is 1.95 bits per heavy atom. The SMILES string of the molecule is CCC1(CC)NC(=O)C(C)N(c2cccc(Cl)c2Br)C1=O. The van der Waals surface area contributed by atoms with Crippen LogP contribution in [0.5, 0.6) is 0 Å². The van der Waals surface area contributed by atoms with Crippen LogP contribution in [0.1, 0.15) is 33.6 Å². The number of amides is 2. The molecule has 0 saturated carbocycles. The molecule has 2 rings (SSSR count). The molecule has 1 unspecified atom stereocenters. The maximum Gasteiger partial charge on any atom is 0.253 e. The third kappa shape index (κ3) is 2.57. The summed E-state index contributed by atoms with van der Waals surface area (Å²) in [6.45, 7) is 5.53. The Bertz CT molecular complexity index is 587. The molecule has 1 saturated heterocycles. The summed E-state index contributed by atoms with van der Waals surface area (Å²) >= 11 is 9.53. The van der Waals surface area contributed by atoms with Crippen molar-refractivity contribution in [2.45, 2.75) is 45.2 Å². The van der Waals surface area contributed by atoms with Gasteiger partial charge in [0.2, 0.25) is 5.91 Å². The minimum atomic E-state index is -0.842. The van der Waals surface area contributed by atoms with E-state index in [9.17, 15) is 9.59 Å². The van der Waals surface area contributed by atoms with E-state index >= 15 is 0 Å². The Kier molecular flexibility index (Phi) is 4.63. The van der Waals surface area contributed by atoms with Gasteiger partial charge in [-0.25, -0.2) is 0 Å². The van der Waals surface area contributed by atoms with E-state index in [4.69, 9.17) is 11.6 Å². The van der Waals surface area contributed by atoms with Crippen molar-refractivity contribution in [3.8, 4) is 0 Å². The molecule has 0 aliphatic carbocycles. The van der Waals surface area contributed by atoms with Crippen molar-refractivity contribution in [1.29, 1.82) is 0 Å². The fraction of sp³-hybridized carbons (Fsp3) is 0.467. The Balaban J connectivity index is 2.56. The quantitative estimate of drug-likeness (QED) is 0.881. The number of hydrogen-bond donors (Lipinski definition) is 1. The van der Waals surface area contributed by atoms with E-state index in [1.54, 1.807) is 30.0 Å². The predicted molar refractivity (Wildman–Crippen MR) is 87.6 cm³/mol. The Morgan fingerprint density at radius 1 is 1.33 bits per heavy atom. The van der Waals surface area contributed by atoms with Crippen LogP contribution >= 0.6 is 27.5 Å². The second-order valence-electron chi connectivity index (χ2n) is 5.20. The van der Waals surface area contributed by atoms with E-state index in [-0.39, 0.29) is 11.8 Å². The average molecular weight is 374 g/mol. The van der Waals surface area contributed by atoms with Crippen LogP contribution < -0.4 is 10.2 Å². The van der Waals surface area contributed by atoms with Crippen molar-refractivity contribution in [3.63, 3.8) is 0 Å². The van der Waals surface area contributed by atoms with Crippen LogP contribution in [0.2, 0.25) is 5.02 Å². The molecule has 1 aromatic rings. The van der Waals surface area contributed by atoms with Crippen molar-refractivity contribution in [2.24, 2.45) is 0 Å². The van der Waals surface area contributed by atoms with Crippen molar-refractivity contribution in [3.05, 3.63) is 27.7 Å². The van der Waals surface area contributed by atoms with E-state index in [0.717, 1.165) is 0 Å². The maximum atomic E-state index is 13.0. The molecule has 2 amide bonds. The van der Waals surface area contributed by atoms with E-state index < -0.39 is 11.6 Å². The van der Waals surface area contributed by atoms with Gasteiger partial charge in [-0.3, -0.25) is 14.5 Å². The van der Waals surface area contributed by atoms with Gasteiger partial charge in [-0.2, -0.15) is 0 Å². The zero-order valence-electron chi connectivity index (χ0n) is 12.2. The number of anilines is 1. The summed E-state index contributed by atoms with van der Waals surface area (Å²) in [5.74, 6) is -0.243. The first kappa shape index (κ1) is 16.3. The normalized spacial score (nSPS) is 21.4. The molecule has 1 fully saturated rings. The van der Waals surface area contributed by atoms with Crippen LogP contribution in [0.4, 0.5) is 5.69 Å². The lowest BCUT2D eigenvalue weighted by Crippen LogP contribution is -2.69. The molecule has 1 N–H and O–H groups in total. The van der Waals surface area contributed by atoms with Gasteiger partial charge in [-0.15, -0.1) is 0 Å². The topological polar surface area (TPSA) is 49.4 Å². The van der Waals surface area contributed by atoms with Crippen molar-refractivity contribution >= 4 is 45.0 Å². The fourth-order valence-corrected chi connectivity index (χ4v) is 3.27. The number of carbonyl (C=O) groups is 2. The fourth-order valence-electron chi connectivity index (χ4n) is 2.64. The largest absolute Gasteiger partial charge is 0.340 e. The highest BCUT2D eigenvalue weighted by Gasteiger charge is 2.48. The lowest BCUT2D eigenvalue weighted by atomic mass is 9.87. The zero-order chi connectivity index (χ0) is 15.8. The molecule has 4 nitrogen and oxygen atoms in total. The molecule has 6 heteroatoms. The molecule has 1 heterocycles. The number of benzene rings is 1. The third-order valence-corrected chi connectivity index (χ3v) is 5.53. The highest BCUT2D eigenvalue weighted by Crippen LogP contribution is 2.37. The van der Waals surface area contributed by atoms with Gasteiger partial charge in [-0.05, 0) is 47.8 Å². The minimum absolute atomic E-state index is 0.0948. The summed E-state index contributed by atoms with van der Waals surface area (Å²) in [6.07, 6.45) is 1.10. The van der Waals surface area contributed by atoms with Gasteiger partial charge in [0.15, 0.2) is 0 Å². The Labute approximate surface area is 138 Å². The first-order chi connectivity index (χ1) is 9.88. The summed E-state index contributed by atoms with van der Waals surface area (Å²) in [4.78, 5) is 26.8. The molecule has 0 bridgehead atoms. The number of nitrogens with zero attached hydrogens (tertiary/aromatic N) is 1. The van der Waals surface area contributed by atoms with Gasteiger partial charge in [-0.1, -0.05) is 31.5 Å². The van der Waals surface area contributed by atoms with Crippen LogP contribution in [-0.4, -0.2) is 23.4 Å². The summed E-state index contributed by atoms with van der Waals surface area (Å²) < 4.78 is 0.627. The lowest BCUT2D eigenvalue weighted by molar-refractivity contribution is -0.138. The van der Waals surface area contributed by atoms with Crippen LogP contribution in [-0.2, 0) is 9.59 Å². The highest BCUT2D eigenvalue weighted by molar-refractivity contribution is 9.10. The molecule has 1 aliphatic rings. The molecule has 114 valence electrons. The Morgan fingerprint density at radius 3 is 2.52 bits per heavy atom. The van der Waals surface area contributed by atoms with Gasteiger partial charge >= 0.3 is 0 Å². The maximum absolute atomic E-state index is 13.0. The van der Waals surface area contributed by atoms with Crippen LogP contribution in [0.3, 0.4) is 0 Å². The Hall–Kier alpha value is -1.07. The summed E-state index contributed by atoms with van der Waals surface area (Å²) in [5, 5.41) is 3.40. The number of nitrogens with one attached hydrogen (secondary N) is 1. The summed E-state index contributed by atoms with van der Waals surface area (Å²) in [5.41, 5.74) is -0.216. The lowest BCUT2D eigenvalue weighted by Gasteiger charge is -2.44. The number of halogens is 2. The average Bonchev–Trinajstić information content (AvgIpc) is 2.47. The molecular formula is C15H18BrClN2O2. The van der Waals surface area contributed by atoms with Crippen molar-refractivity contribution in [2.75, 3.05) is 4.90 Å². The number of carbonyl (C=O) groups excluding carboxylic acids is 2. The minimum Gasteiger partial charge on any atom is -0.340 e. The predicted octanol–water partition coefficient (Wildman–Crippen LogP) is 3.51. The number of piperazine rings is 1. The van der Waals surface area contributed by atoms with E-state index in [0.29, 0.717) is 28.0 Å². The molecule has 0 spiro atoms. The van der Waals surface area contributed by atoms with Crippen molar-refractivity contribution in [1.82, 2.24) is 5.32 Å². The molecule has 21 heavy (non-hydrogen) atoms. The van der Waals surface area contributed by atoms with Crippen LogP contribution in [0.25, 0.3) is 0 Å². The van der Waals surface area contributed by atoms with Gasteiger partial charge in [0, 0.05) is 0 Å². The standard InChI is InChI=1S/C15H18BrClN2O2/c1-4-15(5-2)14(21)19(9(3)13(20)18-15)11-8-6-7-10(17)12(11)16/h6-9H,4-5H2,1-3H3,(H,18,20). The van der Waals surface area contributed by atoms with E-state index in [2.05, 4.69) is 21.2 Å². The molecule has 1 aliphatic heterocycles. The van der Waals surface area contributed by atoms with Gasteiger partial charge in [0.1, 0.15) is 11.6 Å². The third-order valence-electron chi connectivity index (χ3n) is 4.16. The van der Waals surface area contributed by atoms with Gasteiger partial charge in [0.25, 0.3) is 5.91 Å². The van der Waals surface area contributed by atoms with Gasteiger partial charge in [0.05, 0.1) is 15.2 Å². The van der Waals surface area contributed by atoms with Crippen LogP contribution in [0, 0.1) is 0 Å². The molecule has 0 radical (unpaired) electrons. The smallest absolute Gasteiger partial charge is 0.253 e. The first-order valence-electron chi connectivity index (χ1n) is 6.97. The zero-order valence-corrected chi connectivity index (χ0v) is 14.6. The van der Waals surface area contributed by atoms with E-state index in [1.807, 2.05) is 13.8 Å². The number of hydrogen-bond acceptors (Lipinski definition) is 2. The molecule has 1 atom stereocenters. The molecular weight excluding hydrogens is 356 g/mol. The van der Waals surface area contributed by atoms with Gasteiger partial charge < -0.3 is 5.32 Å². The number of rotatable bonds is 3. The monoisotopic (exact) mass is 372 g/mol. The van der Waals surface area contributed by atoms with E-state index in [1.165, 1.54) is 0 Å². The molecule has 1 aromatic carbocycles. The summed E-state index contributed by atoms with van der Waals surface area (Å²) in [7, 11) is 0. The summed E-state index contributed by atoms with van der Waals surface area (Å²) in [6, 6.07) is 4.73. The second-order valence-corrected chi connectivity index (χ2v) is 6.40. The van der Waals surface area contributed by atoms with Crippen molar-refractivity contribution < 1.29 is 9.59 Å².